The van der Waals surface area contributed by atoms with Gasteiger partial charge in [0.25, 0.3) is 0 Å². The number of hydrogen-bond donors (Lipinski definition) is 0. The fourth-order valence-corrected chi connectivity index (χ4v) is 7.64. The van der Waals surface area contributed by atoms with E-state index in [0.717, 1.165) is 77.5 Å². The third kappa shape index (κ3) is 6.10. The number of nitrogens with zero attached hydrogens (tertiary/aromatic N) is 4. The maximum Gasteiger partial charge on any atom is 0.227 e. The van der Waals surface area contributed by atoms with Gasteiger partial charge in [0.15, 0.2) is 23.1 Å². The zero-order chi connectivity index (χ0) is 38.4. The average molecular weight is 745 g/mol. The summed E-state index contributed by atoms with van der Waals surface area (Å²) in [7, 11) is 0. The van der Waals surface area contributed by atoms with E-state index in [1.807, 2.05) is 91.0 Å². The molecule has 0 aliphatic heterocycles. The molecule has 3 heterocycles. The first kappa shape index (κ1) is 33.4. The van der Waals surface area contributed by atoms with Gasteiger partial charge < -0.3 is 8.83 Å². The highest BCUT2D eigenvalue weighted by Gasteiger charge is 2.17. The fourth-order valence-electron chi connectivity index (χ4n) is 7.64. The molecule has 272 valence electrons. The Balaban J connectivity index is 0.922. The van der Waals surface area contributed by atoms with Crippen molar-refractivity contribution in [2.45, 2.75) is 0 Å². The van der Waals surface area contributed by atoms with Crippen molar-refractivity contribution in [3.63, 3.8) is 0 Å². The highest BCUT2D eigenvalue weighted by Crippen LogP contribution is 2.38. The van der Waals surface area contributed by atoms with Crippen molar-refractivity contribution in [2.24, 2.45) is 0 Å². The average Bonchev–Trinajstić information content (AvgIpc) is 3.91. The molecule has 11 rings (SSSR count). The molecular formula is C52H32N4O2. The van der Waals surface area contributed by atoms with Crippen LogP contribution in [0, 0.1) is 0 Å². The lowest BCUT2D eigenvalue weighted by Crippen LogP contribution is -2.00. The second-order valence-electron chi connectivity index (χ2n) is 14.3. The van der Waals surface area contributed by atoms with Crippen molar-refractivity contribution < 1.29 is 8.83 Å². The van der Waals surface area contributed by atoms with E-state index in [1.54, 1.807) is 0 Å². The lowest BCUT2D eigenvalue weighted by Gasteiger charge is -2.08. The Hall–Kier alpha value is -7.96. The predicted octanol–water partition coefficient (Wildman–Crippen LogP) is 13.6. The predicted molar refractivity (Wildman–Crippen MR) is 233 cm³/mol. The molecule has 0 aliphatic rings. The van der Waals surface area contributed by atoms with E-state index in [0.29, 0.717) is 23.4 Å². The molecule has 0 fully saturated rings. The minimum Gasteiger partial charge on any atom is -0.456 e. The molecule has 0 saturated carbocycles. The number of para-hydroxylation sites is 1. The number of benzene rings is 8. The van der Waals surface area contributed by atoms with E-state index in [4.69, 9.17) is 28.8 Å². The van der Waals surface area contributed by atoms with Gasteiger partial charge in [0.1, 0.15) is 16.7 Å². The normalized spacial score (nSPS) is 11.4. The second-order valence-corrected chi connectivity index (χ2v) is 14.3. The molecular weight excluding hydrogens is 713 g/mol. The van der Waals surface area contributed by atoms with Gasteiger partial charge in [-0.2, -0.15) is 0 Å². The van der Waals surface area contributed by atoms with Gasteiger partial charge in [-0.15, -0.1) is 0 Å². The van der Waals surface area contributed by atoms with Crippen LogP contribution in [-0.2, 0) is 0 Å². The Kier molecular flexibility index (Phi) is 8.04. The first-order chi connectivity index (χ1) is 28.7. The molecule has 0 spiro atoms. The van der Waals surface area contributed by atoms with Crippen molar-refractivity contribution >= 4 is 33.0 Å². The van der Waals surface area contributed by atoms with Crippen LogP contribution < -0.4 is 0 Å². The minimum atomic E-state index is 0.577. The summed E-state index contributed by atoms with van der Waals surface area (Å²) in [5.41, 5.74) is 13.3. The Morgan fingerprint density at radius 2 is 0.828 bits per heavy atom. The molecule has 0 aliphatic carbocycles. The highest BCUT2D eigenvalue weighted by molar-refractivity contribution is 6.08. The van der Waals surface area contributed by atoms with Crippen LogP contribution in [0.25, 0.3) is 112 Å². The van der Waals surface area contributed by atoms with Crippen LogP contribution in [0.5, 0.6) is 0 Å². The van der Waals surface area contributed by atoms with Crippen LogP contribution in [0.4, 0.5) is 0 Å². The standard InChI is InChI=1S/C52H32N4O2/c1-4-12-33(13-5-1)38-18-10-19-39(30-38)34-22-24-37(25-23-34)52-53-45-21-11-20-42(48(45)58-52)40-26-28-43-44-31-41(27-29-46(44)57-47(43)32-40)51-55-49(35-14-6-2-7-15-35)54-50(56-51)36-16-8-3-9-17-36/h1-32H. The maximum atomic E-state index is 6.52. The zero-order valence-corrected chi connectivity index (χ0v) is 31.1. The fraction of sp³-hybridized carbons (Fsp3) is 0. The molecule has 0 bridgehead atoms. The monoisotopic (exact) mass is 744 g/mol. The summed E-state index contributed by atoms with van der Waals surface area (Å²) in [6.45, 7) is 0. The Labute approximate surface area is 333 Å². The van der Waals surface area contributed by atoms with E-state index >= 15 is 0 Å². The van der Waals surface area contributed by atoms with E-state index in [2.05, 4.69) is 103 Å². The van der Waals surface area contributed by atoms with Crippen LogP contribution in [0.1, 0.15) is 0 Å². The molecule has 8 aromatic carbocycles. The van der Waals surface area contributed by atoms with E-state index in [9.17, 15) is 0 Å². The van der Waals surface area contributed by atoms with Crippen LogP contribution in [-0.4, -0.2) is 19.9 Å². The number of aromatic nitrogens is 4. The summed E-state index contributed by atoms with van der Waals surface area (Å²) in [5.74, 6) is 2.42. The van der Waals surface area contributed by atoms with E-state index < -0.39 is 0 Å². The van der Waals surface area contributed by atoms with Crippen LogP contribution in [0.3, 0.4) is 0 Å². The van der Waals surface area contributed by atoms with Gasteiger partial charge in [-0.3, -0.25) is 0 Å². The van der Waals surface area contributed by atoms with Crippen LogP contribution in [0.15, 0.2) is 203 Å². The smallest absolute Gasteiger partial charge is 0.227 e. The van der Waals surface area contributed by atoms with Gasteiger partial charge in [0.2, 0.25) is 5.89 Å². The molecule has 6 heteroatoms. The molecule has 58 heavy (non-hydrogen) atoms. The number of rotatable bonds is 7. The summed E-state index contributed by atoms with van der Waals surface area (Å²) in [5, 5.41) is 1.98. The first-order valence-corrected chi connectivity index (χ1v) is 19.2. The van der Waals surface area contributed by atoms with Crippen molar-refractivity contribution in [3.8, 4) is 79.0 Å². The summed E-state index contributed by atoms with van der Waals surface area (Å²) >= 11 is 0. The molecule has 0 amide bonds. The first-order valence-electron chi connectivity index (χ1n) is 19.2. The summed E-state index contributed by atoms with van der Waals surface area (Å²) in [4.78, 5) is 19.6. The Morgan fingerprint density at radius 1 is 0.293 bits per heavy atom. The number of fused-ring (bicyclic) bond motifs is 4. The van der Waals surface area contributed by atoms with Crippen molar-refractivity contribution in [1.82, 2.24) is 19.9 Å². The van der Waals surface area contributed by atoms with E-state index in [1.165, 1.54) is 11.1 Å². The third-order valence-corrected chi connectivity index (χ3v) is 10.6. The largest absolute Gasteiger partial charge is 0.456 e. The molecule has 11 aromatic rings. The molecule has 6 nitrogen and oxygen atoms in total. The lowest BCUT2D eigenvalue weighted by atomic mass is 9.98. The van der Waals surface area contributed by atoms with Crippen LogP contribution >= 0.6 is 0 Å². The second kappa shape index (κ2) is 14.0. The molecule has 0 N–H and O–H groups in total. The summed E-state index contributed by atoms with van der Waals surface area (Å²) in [6.07, 6.45) is 0. The third-order valence-electron chi connectivity index (χ3n) is 10.6. The molecule has 0 radical (unpaired) electrons. The van der Waals surface area contributed by atoms with Crippen molar-refractivity contribution in [1.29, 1.82) is 0 Å². The van der Waals surface area contributed by atoms with Crippen molar-refractivity contribution in [2.75, 3.05) is 0 Å². The zero-order valence-electron chi connectivity index (χ0n) is 31.1. The maximum absolute atomic E-state index is 6.52. The van der Waals surface area contributed by atoms with E-state index in [-0.39, 0.29) is 0 Å². The quantitative estimate of drug-likeness (QED) is 0.162. The SMILES string of the molecule is c1ccc(-c2cccc(-c3ccc(-c4nc5cccc(-c6ccc7c(c6)oc6ccc(-c8nc(-c9ccccc9)nc(-c9ccccc9)n8)cc67)c5o4)cc3)c2)cc1. The Bertz CT molecular complexity index is 3210. The summed E-state index contributed by atoms with van der Waals surface area (Å²) < 4.78 is 13.0. The molecule has 0 saturated heterocycles. The van der Waals surface area contributed by atoms with Gasteiger partial charge >= 0.3 is 0 Å². The lowest BCUT2D eigenvalue weighted by molar-refractivity contribution is 0.621. The number of oxazole rings is 1. The van der Waals surface area contributed by atoms with Crippen molar-refractivity contribution in [3.05, 3.63) is 194 Å². The van der Waals surface area contributed by atoms with Gasteiger partial charge in [-0.25, -0.2) is 19.9 Å². The summed E-state index contributed by atoms with van der Waals surface area (Å²) in [6, 6.07) is 66.0. The van der Waals surface area contributed by atoms with Gasteiger partial charge in [0.05, 0.1) is 0 Å². The highest BCUT2D eigenvalue weighted by atomic mass is 16.3. The van der Waals surface area contributed by atoms with Gasteiger partial charge in [0, 0.05) is 38.6 Å². The Morgan fingerprint density at radius 3 is 1.50 bits per heavy atom. The van der Waals surface area contributed by atoms with Gasteiger partial charge in [-0.05, 0) is 82.4 Å². The number of furan rings is 1. The van der Waals surface area contributed by atoms with Gasteiger partial charge in [-0.1, -0.05) is 140 Å². The number of hydrogen-bond acceptors (Lipinski definition) is 6. The molecule has 0 unspecified atom stereocenters. The minimum absolute atomic E-state index is 0.577. The molecule has 3 aromatic heterocycles. The molecule has 0 atom stereocenters. The van der Waals surface area contributed by atoms with Crippen LogP contribution in [0.2, 0.25) is 0 Å². The topological polar surface area (TPSA) is 77.8 Å².